The molecule has 5 rings (SSSR count). The molecular weight excluding hydrogens is 568 g/mol. The summed E-state index contributed by atoms with van der Waals surface area (Å²) in [5, 5.41) is 14.3. The summed E-state index contributed by atoms with van der Waals surface area (Å²) in [7, 11) is 0. The van der Waals surface area contributed by atoms with E-state index in [2.05, 4.69) is 66.4 Å². The lowest BCUT2D eigenvalue weighted by Gasteiger charge is -2.25. The van der Waals surface area contributed by atoms with Gasteiger partial charge in [0.2, 0.25) is 0 Å². The second-order valence-corrected chi connectivity index (χ2v) is 11.0. The van der Waals surface area contributed by atoms with Crippen LogP contribution in [0.15, 0.2) is 66.7 Å². The van der Waals surface area contributed by atoms with Crippen LogP contribution in [0.2, 0.25) is 0 Å². The Balaban J connectivity index is 1.37. The van der Waals surface area contributed by atoms with Crippen LogP contribution in [0.3, 0.4) is 0 Å². The molecule has 0 saturated heterocycles. The third-order valence-electron chi connectivity index (χ3n) is 7.87. The minimum Gasteiger partial charge on any atom is -0.487 e. The van der Waals surface area contributed by atoms with Crippen molar-refractivity contribution in [1.82, 2.24) is 4.90 Å². The van der Waals surface area contributed by atoms with Gasteiger partial charge in [-0.15, -0.1) is 0 Å². The highest BCUT2D eigenvalue weighted by Gasteiger charge is 2.17. The van der Waals surface area contributed by atoms with Gasteiger partial charge in [-0.25, -0.2) is 0 Å². The normalized spacial score (nSPS) is 15.8. The zero-order chi connectivity index (χ0) is 31.1. The van der Waals surface area contributed by atoms with Crippen molar-refractivity contribution in [2.24, 2.45) is 0 Å². The van der Waals surface area contributed by atoms with E-state index in [-0.39, 0.29) is 0 Å². The summed E-state index contributed by atoms with van der Waals surface area (Å²) in [5.74, 6) is 1.38. The topological polar surface area (TPSA) is 82.4 Å². The van der Waals surface area contributed by atoms with Gasteiger partial charge in [0.25, 0.3) is 0 Å². The smallest absolute Gasteiger partial charge is 0.161 e. The van der Waals surface area contributed by atoms with Crippen LogP contribution in [0.4, 0.5) is 0 Å². The molecule has 8 nitrogen and oxygen atoms in total. The minimum atomic E-state index is 0.405. The maximum absolute atomic E-state index is 10.1. The number of hydrogen-bond donors (Lipinski definition) is 0. The molecule has 0 spiro atoms. The lowest BCUT2D eigenvalue weighted by Crippen LogP contribution is -2.24. The van der Waals surface area contributed by atoms with E-state index in [0.717, 1.165) is 65.1 Å². The summed E-state index contributed by atoms with van der Waals surface area (Å²) in [6, 6.07) is 25.2. The van der Waals surface area contributed by atoms with E-state index in [9.17, 15) is 5.26 Å². The van der Waals surface area contributed by atoms with E-state index in [4.69, 9.17) is 28.4 Å². The fraction of sp³-hybridized carbons (Fsp3) is 0.432. The molecule has 0 atom stereocenters. The molecule has 238 valence electrons. The molecule has 0 bridgehead atoms. The summed E-state index contributed by atoms with van der Waals surface area (Å²) < 4.78 is 34.7. The van der Waals surface area contributed by atoms with E-state index in [1.807, 2.05) is 18.2 Å². The number of unbranched alkanes of at least 4 members (excludes halogenated alkanes) is 1. The van der Waals surface area contributed by atoms with E-state index in [1.54, 1.807) is 0 Å². The molecule has 4 aromatic rings. The highest BCUT2D eigenvalue weighted by molar-refractivity contribution is 6.07. The average Bonchev–Trinajstić information content (AvgIpc) is 3.07. The van der Waals surface area contributed by atoms with Crippen LogP contribution in [0, 0.1) is 11.3 Å². The van der Waals surface area contributed by atoms with Crippen LogP contribution >= 0.6 is 0 Å². The van der Waals surface area contributed by atoms with Crippen LogP contribution < -0.4 is 9.47 Å². The number of nitrogens with zero attached hydrogens (tertiary/aromatic N) is 2. The van der Waals surface area contributed by atoms with Crippen molar-refractivity contribution in [3.63, 3.8) is 0 Å². The first-order valence-corrected chi connectivity index (χ1v) is 16.0. The molecule has 0 N–H and O–H groups in total. The molecule has 8 heteroatoms. The lowest BCUT2D eigenvalue weighted by molar-refractivity contribution is -0.00842. The number of hydrogen-bond acceptors (Lipinski definition) is 8. The van der Waals surface area contributed by atoms with E-state index >= 15 is 0 Å². The first-order chi connectivity index (χ1) is 22.3. The van der Waals surface area contributed by atoms with Crippen LogP contribution in [0.25, 0.3) is 21.5 Å². The van der Waals surface area contributed by atoms with Crippen LogP contribution in [0.5, 0.6) is 11.5 Å². The first kappa shape index (κ1) is 32.7. The Bertz CT molecular complexity index is 1490. The van der Waals surface area contributed by atoms with Crippen LogP contribution in [0.1, 0.15) is 36.5 Å². The summed E-state index contributed by atoms with van der Waals surface area (Å²) >= 11 is 0. The van der Waals surface area contributed by atoms with Gasteiger partial charge in [0, 0.05) is 23.9 Å². The number of fused-ring (bicyclic) bond motifs is 3. The highest BCUT2D eigenvalue weighted by atomic mass is 16.6. The van der Waals surface area contributed by atoms with Gasteiger partial charge < -0.3 is 28.4 Å². The van der Waals surface area contributed by atoms with Gasteiger partial charge in [0.15, 0.2) is 11.5 Å². The molecule has 4 aromatic carbocycles. The summed E-state index contributed by atoms with van der Waals surface area (Å²) in [4.78, 5) is 2.49. The maximum atomic E-state index is 10.1. The molecule has 0 radical (unpaired) electrons. The van der Waals surface area contributed by atoms with Crippen LogP contribution in [-0.2, 0) is 32.0 Å². The standard InChI is InChI=1S/C37H44N2O6/c1-2-3-14-39(28-35-32-10-6-4-8-30(32)34(26-38)31-9-5-7-11-33(31)35)27-29-12-13-36-37(25-29)45-24-22-43-20-18-41-16-15-40-17-19-42-21-23-44-36/h4-13,25H,2-3,14-24,27-28H2,1H3. The Hall–Kier alpha value is -3.71. The van der Waals surface area contributed by atoms with E-state index < -0.39 is 0 Å². The molecule has 45 heavy (non-hydrogen) atoms. The summed E-state index contributed by atoms with van der Waals surface area (Å²) in [5.41, 5.74) is 3.13. The van der Waals surface area contributed by atoms with Crippen molar-refractivity contribution in [2.45, 2.75) is 32.9 Å². The largest absolute Gasteiger partial charge is 0.487 e. The van der Waals surface area contributed by atoms with E-state index in [1.165, 1.54) is 5.56 Å². The van der Waals surface area contributed by atoms with E-state index in [0.29, 0.717) is 77.6 Å². The van der Waals surface area contributed by atoms with Crippen molar-refractivity contribution in [3.05, 3.63) is 83.4 Å². The van der Waals surface area contributed by atoms with Crippen molar-refractivity contribution in [1.29, 1.82) is 5.26 Å². The molecule has 0 amide bonds. The minimum absolute atomic E-state index is 0.405. The molecule has 1 aliphatic heterocycles. The first-order valence-electron chi connectivity index (χ1n) is 16.0. The van der Waals surface area contributed by atoms with Gasteiger partial charge in [0.1, 0.15) is 19.3 Å². The quantitative estimate of drug-likeness (QED) is 0.219. The number of nitriles is 1. The van der Waals surface area contributed by atoms with Crippen molar-refractivity contribution >= 4 is 21.5 Å². The van der Waals surface area contributed by atoms with Gasteiger partial charge in [-0.1, -0.05) is 67.9 Å². The number of ether oxygens (including phenoxy) is 6. The SMILES string of the molecule is CCCCN(Cc1ccc2c(c1)OCCOCCOCCOCCOCCO2)Cc1c2ccccc2c(C#N)c2ccccc12. The molecule has 0 unspecified atom stereocenters. The molecule has 0 aliphatic carbocycles. The third-order valence-corrected chi connectivity index (χ3v) is 7.87. The summed E-state index contributed by atoms with van der Waals surface area (Å²) in [6.07, 6.45) is 2.19. The van der Waals surface area contributed by atoms with Crippen LogP contribution in [-0.4, -0.2) is 77.5 Å². The molecule has 0 aromatic heterocycles. The van der Waals surface area contributed by atoms with Gasteiger partial charge in [0.05, 0.1) is 58.4 Å². The van der Waals surface area contributed by atoms with Gasteiger partial charge in [-0.05, 0) is 47.0 Å². The van der Waals surface area contributed by atoms with Gasteiger partial charge in [-0.2, -0.15) is 5.26 Å². The fourth-order valence-corrected chi connectivity index (χ4v) is 5.65. The lowest BCUT2D eigenvalue weighted by atomic mass is 9.92. The van der Waals surface area contributed by atoms with Crippen molar-refractivity contribution < 1.29 is 28.4 Å². The Morgan fingerprint density at radius 2 is 1.13 bits per heavy atom. The third kappa shape index (κ3) is 9.16. The molecule has 0 fully saturated rings. The molecule has 1 aliphatic rings. The molecule has 1 heterocycles. The maximum Gasteiger partial charge on any atom is 0.161 e. The molecular formula is C37H44N2O6. The Morgan fingerprint density at radius 1 is 0.622 bits per heavy atom. The Morgan fingerprint density at radius 3 is 1.67 bits per heavy atom. The van der Waals surface area contributed by atoms with Gasteiger partial charge >= 0.3 is 0 Å². The Labute approximate surface area is 266 Å². The highest BCUT2D eigenvalue weighted by Crippen LogP contribution is 2.34. The van der Waals surface area contributed by atoms with Crippen molar-refractivity contribution in [3.8, 4) is 17.6 Å². The fourth-order valence-electron chi connectivity index (χ4n) is 5.65. The monoisotopic (exact) mass is 612 g/mol. The second-order valence-electron chi connectivity index (χ2n) is 11.0. The predicted octanol–water partition coefficient (Wildman–Crippen LogP) is 6.50. The Kier molecular flexibility index (Phi) is 12.8. The van der Waals surface area contributed by atoms with Gasteiger partial charge in [-0.3, -0.25) is 4.90 Å². The zero-order valence-corrected chi connectivity index (χ0v) is 26.3. The average molecular weight is 613 g/mol. The number of benzene rings is 4. The molecule has 0 saturated carbocycles. The number of rotatable bonds is 7. The predicted molar refractivity (Wildman–Crippen MR) is 176 cm³/mol. The van der Waals surface area contributed by atoms with Crippen molar-refractivity contribution in [2.75, 3.05) is 72.6 Å². The summed E-state index contributed by atoms with van der Waals surface area (Å²) in [6.45, 7) is 9.52. The second kappa shape index (κ2) is 17.7. The zero-order valence-electron chi connectivity index (χ0n) is 26.3.